The number of carbonyl (C=O) groups is 2. The first-order valence-corrected chi connectivity index (χ1v) is 9.36. The maximum absolute atomic E-state index is 12.6. The van der Waals surface area contributed by atoms with Crippen LogP contribution in [0.3, 0.4) is 0 Å². The highest BCUT2D eigenvalue weighted by molar-refractivity contribution is 6.30. The summed E-state index contributed by atoms with van der Waals surface area (Å²) in [5, 5.41) is 3.66. The summed E-state index contributed by atoms with van der Waals surface area (Å²) in [5.41, 5.74) is 1.75. The number of ether oxygens (including phenoxy) is 1. The lowest BCUT2D eigenvalue weighted by Gasteiger charge is -2.34. The van der Waals surface area contributed by atoms with Crippen molar-refractivity contribution in [3.8, 4) is 0 Å². The predicted octanol–water partition coefficient (Wildman–Crippen LogP) is 3.25. The van der Waals surface area contributed by atoms with Crippen molar-refractivity contribution in [2.75, 3.05) is 31.6 Å². The van der Waals surface area contributed by atoms with Gasteiger partial charge in [0.25, 0.3) is 0 Å². The summed E-state index contributed by atoms with van der Waals surface area (Å²) in [4.78, 5) is 27.0. The van der Waals surface area contributed by atoms with E-state index in [4.69, 9.17) is 16.3 Å². The zero-order chi connectivity index (χ0) is 17.8. The first-order valence-electron chi connectivity index (χ1n) is 8.98. The van der Waals surface area contributed by atoms with Crippen LogP contribution in [-0.2, 0) is 14.3 Å². The van der Waals surface area contributed by atoms with Gasteiger partial charge in [0.15, 0.2) is 0 Å². The van der Waals surface area contributed by atoms with E-state index in [0.717, 1.165) is 24.1 Å². The van der Waals surface area contributed by atoms with Gasteiger partial charge in [0.2, 0.25) is 11.8 Å². The van der Waals surface area contributed by atoms with Gasteiger partial charge in [-0.15, -0.1) is 0 Å². The molecule has 0 aromatic heterocycles. The Kier molecular flexibility index (Phi) is 5.97. The fourth-order valence-corrected chi connectivity index (χ4v) is 3.79. The van der Waals surface area contributed by atoms with Crippen molar-refractivity contribution < 1.29 is 14.3 Å². The zero-order valence-electron chi connectivity index (χ0n) is 14.6. The molecule has 5 nitrogen and oxygen atoms in total. The molecule has 2 amide bonds. The highest BCUT2D eigenvalue weighted by atomic mass is 35.5. The molecule has 0 atom stereocenters. The minimum atomic E-state index is -0.0474. The molecule has 1 aromatic rings. The fraction of sp³-hybridized carbons (Fsp3) is 0.579. The van der Waals surface area contributed by atoms with E-state index in [1.165, 1.54) is 0 Å². The summed E-state index contributed by atoms with van der Waals surface area (Å²) in [5.74, 6) is 0.309. The number of halogens is 1. The van der Waals surface area contributed by atoms with Crippen LogP contribution in [0.2, 0.25) is 5.02 Å². The summed E-state index contributed by atoms with van der Waals surface area (Å²) in [6, 6.07) is 5.45. The number of hydrogen-bond donors (Lipinski definition) is 1. The summed E-state index contributed by atoms with van der Waals surface area (Å²) >= 11 is 5.95. The van der Waals surface area contributed by atoms with E-state index in [1.54, 1.807) is 6.07 Å². The molecule has 3 rings (SSSR count). The summed E-state index contributed by atoms with van der Waals surface area (Å²) < 4.78 is 5.33. The van der Waals surface area contributed by atoms with Crippen molar-refractivity contribution in [2.45, 2.75) is 32.6 Å². The number of nitrogens with zero attached hydrogens (tertiary/aromatic N) is 1. The fourth-order valence-electron chi connectivity index (χ4n) is 3.57. The Labute approximate surface area is 153 Å². The lowest BCUT2D eigenvalue weighted by Crippen LogP contribution is -2.45. The Morgan fingerprint density at radius 1 is 1.12 bits per heavy atom. The van der Waals surface area contributed by atoms with E-state index in [9.17, 15) is 9.59 Å². The molecule has 25 heavy (non-hydrogen) atoms. The number of aryl methyl sites for hydroxylation is 1. The average molecular weight is 365 g/mol. The van der Waals surface area contributed by atoms with Gasteiger partial charge in [0.05, 0.1) is 0 Å². The first kappa shape index (κ1) is 18.2. The number of piperidine rings is 1. The Hall–Kier alpha value is -1.59. The minimum absolute atomic E-state index is 0.0311. The van der Waals surface area contributed by atoms with Crippen molar-refractivity contribution >= 4 is 29.1 Å². The third-order valence-corrected chi connectivity index (χ3v) is 5.43. The number of likely N-dealkylation sites (tertiary alicyclic amines) is 1. The van der Waals surface area contributed by atoms with Crippen LogP contribution < -0.4 is 5.32 Å². The molecule has 0 unspecified atom stereocenters. The van der Waals surface area contributed by atoms with Gasteiger partial charge in [-0.05, 0) is 56.4 Å². The van der Waals surface area contributed by atoms with Crippen molar-refractivity contribution in [3.05, 3.63) is 28.8 Å². The number of benzene rings is 1. The van der Waals surface area contributed by atoms with E-state index in [1.807, 2.05) is 24.0 Å². The molecule has 2 aliphatic heterocycles. The van der Waals surface area contributed by atoms with Crippen LogP contribution in [0.1, 0.15) is 31.2 Å². The Morgan fingerprint density at radius 3 is 2.44 bits per heavy atom. The molecule has 0 aliphatic carbocycles. The van der Waals surface area contributed by atoms with Gasteiger partial charge in [0.1, 0.15) is 0 Å². The molecular formula is C19H25ClN2O3. The molecule has 1 N–H and O–H groups in total. The lowest BCUT2D eigenvalue weighted by molar-refractivity contribution is -0.141. The molecule has 0 saturated carbocycles. The number of hydrogen-bond acceptors (Lipinski definition) is 3. The topological polar surface area (TPSA) is 58.6 Å². The van der Waals surface area contributed by atoms with Gasteiger partial charge in [-0.3, -0.25) is 9.59 Å². The van der Waals surface area contributed by atoms with Crippen LogP contribution in [0, 0.1) is 18.8 Å². The molecule has 2 heterocycles. The third kappa shape index (κ3) is 4.53. The maximum atomic E-state index is 12.6. The van der Waals surface area contributed by atoms with Gasteiger partial charge in [0, 0.05) is 48.8 Å². The normalized spacial score (nSPS) is 19.7. The molecule has 136 valence electrons. The van der Waals surface area contributed by atoms with Crippen LogP contribution in [0.5, 0.6) is 0 Å². The molecule has 2 fully saturated rings. The highest BCUT2D eigenvalue weighted by Gasteiger charge is 2.31. The van der Waals surface area contributed by atoms with Crippen LogP contribution in [0.15, 0.2) is 18.2 Å². The largest absolute Gasteiger partial charge is 0.381 e. The van der Waals surface area contributed by atoms with Gasteiger partial charge < -0.3 is 15.0 Å². The Morgan fingerprint density at radius 2 is 1.80 bits per heavy atom. The standard InChI is InChI=1S/C19H25ClN2O3/c1-13-12-16(20)2-3-17(13)21-18(23)14-4-8-22(9-5-14)19(24)15-6-10-25-11-7-15/h2-3,12,14-15H,4-11H2,1H3,(H,21,23). The summed E-state index contributed by atoms with van der Waals surface area (Å²) in [6.07, 6.45) is 3.06. The van der Waals surface area contributed by atoms with Crippen LogP contribution in [0.25, 0.3) is 0 Å². The zero-order valence-corrected chi connectivity index (χ0v) is 15.3. The number of carbonyl (C=O) groups excluding carboxylic acids is 2. The molecule has 2 saturated heterocycles. The quantitative estimate of drug-likeness (QED) is 0.895. The average Bonchev–Trinajstić information content (AvgIpc) is 2.64. The predicted molar refractivity (Wildman–Crippen MR) is 97.7 cm³/mol. The highest BCUT2D eigenvalue weighted by Crippen LogP contribution is 2.25. The van der Waals surface area contributed by atoms with E-state index >= 15 is 0 Å². The summed E-state index contributed by atoms with van der Waals surface area (Å²) in [7, 11) is 0. The van der Waals surface area contributed by atoms with E-state index < -0.39 is 0 Å². The minimum Gasteiger partial charge on any atom is -0.381 e. The number of nitrogens with one attached hydrogen (secondary N) is 1. The van der Waals surface area contributed by atoms with Crippen molar-refractivity contribution in [1.29, 1.82) is 0 Å². The molecule has 0 bridgehead atoms. The van der Waals surface area contributed by atoms with Gasteiger partial charge in [-0.1, -0.05) is 11.6 Å². The van der Waals surface area contributed by atoms with Crippen LogP contribution in [-0.4, -0.2) is 43.0 Å². The van der Waals surface area contributed by atoms with Gasteiger partial charge >= 0.3 is 0 Å². The van der Waals surface area contributed by atoms with Gasteiger partial charge in [-0.25, -0.2) is 0 Å². The maximum Gasteiger partial charge on any atom is 0.227 e. The second kappa shape index (κ2) is 8.19. The van der Waals surface area contributed by atoms with E-state index in [2.05, 4.69) is 5.32 Å². The third-order valence-electron chi connectivity index (χ3n) is 5.19. The smallest absolute Gasteiger partial charge is 0.227 e. The summed E-state index contributed by atoms with van der Waals surface area (Å²) in [6.45, 7) is 4.60. The molecule has 1 aromatic carbocycles. The molecule has 0 radical (unpaired) electrons. The lowest BCUT2D eigenvalue weighted by atomic mass is 9.93. The SMILES string of the molecule is Cc1cc(Cl)ccc1NC(=O)C1CCN(C(=O)C2CCOCC2)CC1. The van der Waals surface area contributed by atoms with E-state index in [-0.39, 0.29) is 23.7 Å². The van der Waals surface area contributed by atoms with Crippen LogP contribution >= 0.6 is 11.6 Å². The molecule has 0 spiro atoms. The van der Waals surface area contributed by atoms with Gasteiger partial charge in [-0.2, -0.15) is 0 Å². The number of amides is 2. The number of anilines is 1. The Balaban J connectivity index is 1.51. The molecule has 2 aliphatic rings. The monoisotopic (exact) mass is 364 g/mol. The van der Waals surface area contributed by atoms with E-state index in [0.29, 0.717) is 44.2 Å². The second-order valence-electron chi connectivity index (χ2n) is 6.93. The van der Waals surface area contributed by atoms with Crippen LogP contribution in [0.4, 0.5) is 5.69 Å². The first-order chi connectivity index (χ1) is 12.0. The second-order valence-corrected chi connectivity index (χ2v) is 7.37. The molecular weight excluding hydrogens is 340 g/mol. The Bertz CT molecular complexity index is 636. The van der Waals surface area contributed by atoms with Crippen molar-refractivity contribution in [2.24, 2.45) is 11.8 Å². The van der Waals surface area contributed by atoms with Crippen molar-refractivity contribution in [3.63, 3.8) is 0 Å². The number of rotatable bonds is 3. The molecule has 6 heteroatoms. The van der Waals surface area contributed by atoms with Crippen molar-refractivity contribution in [1.82, 2.24) is 4.90 Å².